The molecule has 2 fully saturated rings. The van der Waals surface area contributed by atoms with Crippen LogP contribution in [0.3, 0.4) is 0 Å². The Morgan fingerprint density at radius 2 is 0.447 bits per heavy atom. The van der Waals surface area contributed by atoms with Crippen molar-refractivity contribution in [3.63, 3.8) is 0 Å². The van der Waals surface area contributed by atoms with Crippen LogP contribution in [0.25, 0.3) is 0 Å². The van der Waals surface area contributed by atoms with Crippen molar-refractivity contribution in [3.8, 4) is 0 Å². The Bertz CT molecular complexity index is 4740. The fraction of sp³-hybridized carbons (Fsp3) is 0.407. The predicted octanol–water partition coefficient (Wildman–Crippen LogP) is 20.0. The zero-order chi connectivity index (χ0) is 93.1. The van der Waals surface area contributed by atoms with Gasteiger partial charge in [0.1, 0.15) is 36.3 Å². The minimum atomic E-state index is -0.270. The number of hydrogen-bond acceptors (Lipinski definition) is 12. The number of anilines is 2. The second-order valence-electron chi connectivity index (χ2n) is 32.8. The largest absolute Gasteiger partial charge is 0.358 e. The first-order valence-corrected chi connectivity index (χ1v) is 48.3. The average molecular weight is 1860 g/mol. The maximum absolute atomic E-state index is 12.9. The molecule has 2 aliphatic carbocycles. The summed E-state index contributed by atoms with van der Waals surface area (Å²) in [6, 6.07) is 89.2. The molecule has 6 amide bonds. The van der Waals surface area contributed by atoms with Crippen LogP contribution < -0.4 is 41.7 Å². The molecule has 1 radical (unpaired) electrons. The Hall–Kier alpha value is -10.1. The fourth-order valence-electron chi connectivity index (χ4n) is 19.0. The molecule has 8 aliphatic rings. The molecule has 18 rings (SSSR count). The molecule has 6 unspecified atom stereocenters. The number of likely N-dealkylation sites (N-methyl/N-ethyl adjacent to an activating group) is 6. The van der Waals surface area contributed by atoms with Crippen molar-refractivity contribution in [1.29, 1.82) is 0 Å². The van der Waals surface area contributed by atoms with E-state index in [4.69, 9.17) is 0 Å². The molecule has 6 atom stereocenters. The van der Waals surface area contributed by atoms with Gasteiger partial charge in [-0.25, -0.2) is 0 Å². The van der Waals surface area contributed by atoms with E-state index in [2.05, 4.69) is 139 Å². The number of amides is 6. The summed E-state index contributed by atoms with van der Waals surface area (Å²) in [7, 11) is 11.2. The van der Waals surface area contributed by atoms with Gasteiger partial charge >= 0.3 is 0 Å². The summed E-state index contributed by atoms with van der Waals surface area (Å²) in [5, 5.41) is 19.1. The molecule has 0 aromatic heterocycles. The molecule has 703 valence electrons. The molecule has 132 heavy (non-hydrogen) atoms. The number of fused-ring (bicyclic) bond motifs is 6. The molecule has 6 aliphatic heterocycles. The summed E-state index contributed by atoms with van der Waals surface area (Å²) in [5.74, 6) is 1.08. The number of hydrogen-bond donors (Lipinski definition) is 6. The van der Waals surface area contributed by atoms with Gasteiger partial charge in [0.05, 0.1) is 0 Å². The van der Waals surface area contributed by atoms with E-state index in [1.165, 1.54) is 120 Å². The van der Waals surface area contributed by atoms with Gasteiger partial charge in [-0.1, -0.05) is 337 Å². The van der Waals surface area contributed by atoms with Gasteiger partial charge in [0.15, 0.2) is 0 Å². The van der Waals surface area contributed by atoms with E-state index in [1.807, 2.05) is 287 Å². The molecule has 18 nitrogen and oxygen atoms in total. The number of nitrogens with one attached hydrogen (secondary N) is 6. The van der Waals surface area contributed by atoms with Gasteiger partial charge in [-0.05, 0) is 209 Å². The number of carbonyl (C=O) groups excluding carboxylic acids is 6. The Kier molecular flexibility index (Phi) is 48.5. The van der Waals surface area contributed by atoms with Gasteiger partial charge in [-0.2, -0.15) is 0 Å². The van der Waals surface area contributed by atoms with E-state index in [0.717, 1.165) is 111 Å². The zero-order valence-electron chi connectivity index (χ0n) is 81.7. The number of rotatable bonds is 14. The number of nitrogens with zero attached hydrogens (tertiary/aromatic N) is 6. The van der Waals surface area contributed by atoms with Crippen LogP contribution in [-0.2, 0) is 113 Å². The second kappa shape index (κ2) is 58.8. The van der Waals surface area contributed by atoms with E-state index in [1.54, 1.807) is 0 Å². The molecule has 6 N–H and O–H groups in total. The van der Waals surface area contributed by atoms with Gasteiger partial charge in [-0.3, -0.25) is 28.8 Å². The Balaban J connectivity index is 0.000000212. The van der Waals surface area contributed by atoms with Crippen LogP contribution in [0.15, 0.2) is 267 Å². The zero-order valence-corrected chi connectivity index (χ0v) is 84.5. The van der Waals surface area contributed by atoms with Crippen molar-refractivity contribution in [3.05, 3.63) is 352 Å². The van der Waals surface area contributed by atoms with Crippen LogP contribution >= 0.6 is 0 Å². The smallest absolute Gasteiger partial charge is 0.248 e. The first-order chi connectivity index (χ1) is 63.8. The molecular weight excluding hydrogens is 1710 g/mol. The van der Waals surface area contributed by atoms with Gasteiger partial charge < -0.3 is 68.7 Å². The van der Waals surface area contributed by atoms with E-state index in [9.17, 15) is 28.8 Å². The van der Waals surface area contributed by atoms with Crippen molar-refractivity contribution in [2.75, 3.05) is 91.4 Å². The quantitative estimate of drug-likeness (QED) is 0.0565. The summed E-state index contributed by atoms with van der Waals surface area (Å²) in [4.78, 5) is 89.0. The van der Waals surface area contributed by atoms with Crippen LogP contribution in [-0.4, -0.2) is 149 Å². The molecule has 2 saturated carbocycles. The van der Waals surface area contributed by atoms with Crippen LogP contribution in [0.1, 0.15) is 234 Å². The first-order valence-electron chi connectivity index (χ1n) is 48.3. The topological polar surface area (TPSA) is 194 Å². The summed E-state index contributed by atoms with van der Waals surface area (Å²) >= 11 is 0. The summed E-state index contributed by atoms with van der Waals surface area (Å²) in [6.45, 7) is 22.1. The van der Waals surface area contributed by atoms with Crippen molar-refractivity contribution in [2.24, 2.45) is 0 Å². The molecule has 0 saturated heterocycles. The van der Waals surface area contributed by atoms with E-state index in [0.29, 0.717) is 25.2 Å². The van der Waals surface area contributed by atoms with Crippen molar-refractivity contribution in [2.45, 2.75) is 220 Å². The molecule has 10 aromatic carbocycles. The monoisotopic (exact) mass is 1860 g/mol. The number of benzene rings is 10. The third-order valence-corrected chi connectivity index (χ3v) is 25.5. The maximum Gasteiger partial charge on any atom is 0.248 e. The normalized spacial score (nSPS) is 19.0. The van der Waals surface area contributed by atoms with Gasteiger partial charge in [0.2, 0.25) is 35.4 Å². The standard InChI is InChI=1S/2C18H20N2O.2C17H24N2O.2C17H18N2O.4C2H6.CH3.Y/c2*1-19-17-16-10-6-5-9-15(16)11-12-20(18(17)21)13-14-7-3-2-4-8-14;4*1-18-16-15-10-6-5-7-13(15)11-12-19(17(16)20)14-8-3-2-4-9-14;4*1-2;;/h2*2-10,17,19H,11-13H2,1H3;2*5-7,10,14,16,18H,2-4,8-9,11-12H2,1H3;2*2-10,16,18H,11-12H2,1H3;4*1-2H3;1H3;/q;;;;;;;;;;-1;. The Morgan fingerprint density at radius 3 is 0.697 bits per heavy atom. The minimum Gasteiger partial charge on any atom is -0.358 e. The average Bonchev–Trinajstić information content (AvgIpc) is 1.66. The van der Waals surface area contributed by atoms with E-state index < -0.39 is 0 Å². The Morgan fingerprint density at radius 1 is 0.242 bits per heavy atom. The molecule has 6 heterocycles. The summed E-state index contributed by atoms with van der Waals surface area (Å²) in [6.07, 6.45) is 18.0. The van der Waals surface area contributed by atoms with Gasteiger partial charge in [0.25, 0.3) is 0 Å². The van der Waals surface area contributed by atoms with Crippen LogP contribution in [0, 0.1) is 7.43 Å². The molecule has 0 spiro atoms. The van der Waals surface area contributed by atoms with Crippen molar-refractivity contribution in [1.82, 2.24) is 51.5 Å². The summed E-state index contributed by atoms with van der Waals surface area (Å²) < 4.78 is 0. The van der Waals surface area contributed by atoms with Gasteiger partial charge in [-0.15, -0.1) is 0 Å². The maximum atomic E-state index is 12.9. The molecule has 10 aromatic rings. The Labute approximate surface area is 817 Å². The SMILES string of the molecule is CC.CC.CC.CC.CNC1C(=O)N(C2CCCCC2)CCc2ccccc21.CNC1C(=O)N(C2CCCCC2)CCc2ccccc21.CNC1C(=O)N(Cc2ccccc2)CCc2ccccc21.CNC1C(=O)N(Cc2ccccc2)CCc2ccccc21.CNC1C(=O)N(c2ccccc2)CCc2ccccc21.CNC1C(=O)N(c2ccccc2)CCc2ccccc21.[CH3-].[Y]. The molecule has 0 bridgehead atoms. The van der Waals surface area contributed by atoms with Crippen LogP contribution in [0.4, 0.5) is 11.4 Å². The second-order valence-corrected chi connectivity index (χ2v) is 32.8. The molecular formula is C113H151N12O6Y-. The minimum absolute atomic E-state index is 0. The number of carbonyl (C=O) groups is 6. The van der Waals surface area contributed by atoms with Crippen LogP contribution in [0.2, 0.25) is 0 Å². The predicted molar refractivity (Wildman–Crippen MR) is 542 cm³/mol. The van der Waals surface area contributed by atoms with Crippen LogP contribution in [0.5, 0.6) is 0 Å². The van der Waals surface area contributed by atoms with Crippen molar-refractivity contribution >= 4 is 46.8 Å². The summed E-state index contributed by atoms with van der Waals surface area (Å²) in [5.41, 5.74) is 18.7. The van der Waals surface area contributed by atoms with E-state index in [-0.39, 0.29) is 112 Å². The first kappa shape index (κ1) is 109. The third-order valence-electron chi connectivity index (χ3n) is 25.5. The van der Waals surface area contributed by atoms with Crippen molar-refractivity contribution < 1.29 is 61.5 Å². The molecule has 19 heteroatoms. The third kappa shape index (κ3) is 29.0. The fourth-order valence-corrected chi connectivity index (χ4v) is 19.0. The number of para-hydroxylation sites is 2. The van der Waals surface area contributed by atoms with E-state index >= 15 is 0 Å². The van der Waals surface area contributed by atoms with Gasteiger partial charge in [0, 0.05) is 109 Å².